The Morgan fingerprint density at radius 3 is 2.67 bits per heavy atom. The Morgan fingerprint density at radius 2 is 2.13 bits per heavy atom. The summed E-state index contributed by atoms with van der Waals surface area (Å²) >= 11 is 0. The van der Waals surface area contributed by atoms with Crippen LogP contribution in [0.2, 0.25) is 0 Å². The molecule has 2 N–H and O–H groups in total. The maximum atomic E-state index is 8.92. The van der Waals surface area contributed by atoms with E-state index in [9.17, 15) is 0 Å². The van der Waals surface area contributed by atoms with Gasteiger partial charge in [-0.1, -0.05) is 12.1 Å². The van der Waals surface area contributed by atoms with E-state index in [0.29, 0.717) is 6.04 Å². The summed E-state index contributed by atoms with van der Waals surface area (Å²) in [6.07, 6.45) is 1.21. The quantitative estimate of drug-likeness (QED) is 0.782. The Labute approximate surface area is 90.7 Å². The summed E-state index contributed by atoms with van der Waals surface area (Å²) in [5.74, 6) is 0. The molecule has 0 radical (unpaired) electrons. The molecule has 0 spiro atoms. The minimum Gasteiger partial charge on any atom is -0.392 e. The molecule has 0 aliphatic carbocycles. The van der Waals surface area contributed by atoms with Crippen LogP contribution in [0.3, 0.4) is 0 Å². The second-order valence-corrected chi connectivity index (χ2v) is 4.25. The fourth-order valence-electron chi connectivity index (χ4n) is 1.99. The topological polar surface area (TPSA) is 35.5 Å². The number of aliphatic hydroxyl groups excluding tert-OH is 1. The van der Waals surface area contributed by atoms with Crippen molar-refractivity contribution in [1.29, 1.82) is 0 Å². The average Bonchev–Trinajstić information content (AvgIpc) is 2.65. The molecule has 3 nitrogen and oxygen atoms in total. The number of hydrogen-bond acceptors (Lipinski definition) is 3. The van der Waals surface area contributed by atoms with Crippen LogP contribution >= 0.6 is 0 Å². The van der Waals surface area contributed by atoms with Gasteiger partial charge in [-0.05, 0) is 37.7 Å². The summed E-state index contributed by atoms with van der Waals surface area (Å²) in [5.41, 5.74) is 2.11. The highest BCUT2D eigenvalue weighted by molar-refractivity contribution is 5.45. The number of rotatable bonds is 3. The maximum Gasteiger partial charge on any atom is 0.0681 e. The fraction of sp³-hybridized carbons (Fsp3) is 0.500. The molecular weight excluding hydrogens is 188 g/mol. The molecule has 2 rings (SSSR count). The Hall–Kier alpha value is -1.06. The Balaban J connectivity index is 1.93. The molecule has 1 fully saturated rings. The smallest absolute Gasteiger partial charge is 0.0681 e. The SMILES string of the molecule is CN1CCC(Nc2ccc(CO)cc2)C1. The lowest BCUT2D eigenvalue weighted by atomic mass is 10.2. The van der Waals surface area contributed by atoms with Gasteiger partial charge >= 0.3 is 0 Å². The summed E-state index contributed by atoms with van der Waals surface area (Å²) in [6, 6.07) is 8.55. The maximum absolute atomic E-state index is 8.92. The molecule has 0 bridgehead atoms. The standard InChI is InChI=1S/C12H18N2O/c1-14-7-6-12(8-14)13-11-4-2-10(9-15)3-5-11/h2-5,12-13,15H,6-9H2,1H3. The number of benzene rings is 1. The van der Waals surface area contributed by atoms with Crippen molar-refractivity contribution < 1.29 is 5.11 Å². The summed E-state index contributed by atoms with van der Waals surface area (Å²) in [5, 5.41) is 12.4. The van der Waals surface area contributed by atoms with Crippen molar-refractivity contribution in [3.63, 3.8) is 0 Å². The van der Waals surface area contributed by atoms with E-state index < -0.39 is 0 Å². The van der Waals surface area contributed by atoms with Crippen LogP contribution in [0.25, 0.3) is 0 Å². The molecule has 0 aromatic heterocycles. The Kier molecular flexibility index (Phi) is 3.23. The van der Waals surface area contributed by atoms with Crippen LogP contribution in [0, 0.1) is 0 Å². The molecule has 1 aromatic rings. The number of likely N-dealkylation sites (N-methyl/N-ethyl adjacent to an activating group) is 1. The highest BCUT2D eigenvalue weighted by atomic mass is 16.3. The first kappa shape index (κ1) is 10.5. The van der Waals surface area contributed by atoms with Crippen LogP contribution in [-0.4, -0.2) is 36.2 Å². The average molecular weight is 206 g/mol. The third-order valence-electron chi connectivity index (χ3n) is 2.90. The van der Waals surface area contributed by atoms with Crippen molar-refractivity contribution in [2.45, 2.75) is 19.1 Å². The van der Waals surface area contributed by atoms with Crippen LogP contribution in [0.5, 0.6) is 0 Å². The minimum absolute atomic E-state index is 0.118. The van der Waals surface area contributed by atoms with Crippen molar-refractivity contribution in [3.05, 3.63) is 29.8 Å². The van der Waals surface area contributed by atoms with Crippen molar-refractivity contribution in [1.82, 2.24) is 4.90 Å². The van der Waals surface area contributed by atoms with Gasteiger partial charge in [0.05, 0.1) is 6.61 Å². The van der Waals surface area contributed by atoms with Gasteiger partial charge in [-0.3, -0.25) is 0 Å². The summed E-state index contributed by atoms with van der Waals surface area (Å²) in [7, 11) is 2.15. The van der Waals surface area contributed by atoms with Crippen molar-refractivity contribution in [2.75, 3.05) is 25.5 Å². The van der Waals surface area contributed by atoms with Gasteiger partial charge in [0.1, 0.15) is 0 Å². The number of nitrogens with zero attached hydrogens (tertiary/aromatic N) is 1. The van der Waals surface area contributed by atoms with Crippen LogP contribution < -0.4 is 5.32 Å². The fourth-order valence-corrected chi connectivity index (χ4v) is 1.99. The van der Waals surface area contributed by atoms with E-state index in [1.165, 1.54) is 13.0 Å². The minimum atomic E-state index is 0.118. The molecule has 15 heavy (non-hydrogen) atoms. The predicted octanol–water partition coefficient (Wildman–Crippen LogP) is 1.29. The van der Waals surface area contributed by atoms with E-state index >= 15 is 0 Å². The van der Waals surface area contributed by atoms with Crippen molar-refractivity contribution in [2.24, 2.45) is 0 Å². The first-order valence-corrected chi connectivity index (χ1v) is 5.43. The molecule has 82 valence electrons. The summed E-state index contributed by atoms with van der Waals surface area (Å²) in [6.45, 7) is 2.40. The van der Waals surface area contributed by atoms with Crippen LogP contribution in [0.15, 0.2) is 24.3 Å². The molecule has 0 amide bonds. The zero-order valence-corrected chi connectivity index (χ0v) is 9.11. The Morgan fingerprint density at radius 1 is 1.40 bits per heavy atom. The molecule has 1 unspecified atom stereocenters. The van der Waals surface area contributed by atoms with Crippen molar-refractivity contribution in [3.8, 4) is 0 Å². The lowest BCUT2D eigenvalue weighted by Crippen LogP contribution is -2.23. The number of hydrogen-bond donors (Lipinski definition) is 2. The number of likely N-dealkylation sites (tertiary alicyclic amines) is 1. The van der Waals surface area contributed by atoms with Gasteiger partial charge in [0.25, 0.3) is 0 Å². The number of aliphatic hydroxyl groups is 1. The normalized spacial score (nSPS) is 21.9. The van der Waals surface area contributed by atoms with E-state index in [0.717, 1.165) is 17.8 Å². The van der Waals surface area contributed by atoms with Gasteiger partial charge in [0.15, 0.2) is 0 Å². The third kappa shape index (κ3) is 2.70. The molecule has 1 saturated heterocycles. The van der Waals surface area contributed by atoms with E-state index in [1.807, 2.05) is 24.3 Å². The monoisotopic (exact) mass is 206 g/mol. The zero-order valence-electron chi connectivity index (χ0n) is 9.11. The van der Waals surface area contributed by atoms with E-state index in [4.69, 9.17) is 5.11 Å². The lowest BCUT2D eigenvalue weighted by molar-refractivity contribution is 0.282. The van der Waals surface area contributed by atoms with E-state index in [1.54, 1.807) is 0 Å². The summed E-state index contributed by atoms with van der Waals surface area (Å²) < 4.78 is 0. The van der Waals surface area contributed by atoms with Crippen molar-refractivity contribution >= 4 is 5.69 Å². The number of anilines is 1. The first-order valence-electron chi connectivity index (χ1n) is 5.43. The molecule has 1 aliphatic heterocycles. The van der Waals surface area contributed by atoms with Crippen LogP contribution in [0.1, 0.15) is 12.0 Å². The molecule has 1 heterocycles. The summed E-state index contributed by atoms with van der Waals surface area (Å²) in [4.78, 5) is 2.33. The van der Waals surface area contributed by atoms with Gasteiger partial charge in [-0.2, -0.15) is 0 Å². The van der Waals surface area contributed by atoms with Gasteiger partial charge < -0.3 is 15.3 Å². The predicted molar refractivity (Wildman–Crippen MR) is 61.9 cm³/mol. The third-order valence-corrected chi connectivity index (χ3v) is 2.90. The second-order valence-electron chi connectivity index (χ2n) is 4.25. The molecule has 1 aliphatic rings. The highest BCUT2D eigenvalue weighted by Crippen LogP contribution is 2.15. The van der Waals surface area contributed by atoms with Gasteiger partial charge in [0.2, 0.25) is 0 Å². The highest BCUT2D eigenvalue weighted by Gasteiger charge is 2.18. The second kappa shape index (κ2) is 4.64. The molecular formula is C12H18N2O. The van der Waals surface area contributed by atoms with Crippen LogP contribution in [-0.2, 0) is 6.61 Å². The zero-order chi connectivity index (χ0) is 10.7. The largest absolute Gasteiger partial charge is 0.392 e. The molecule has 3 heteroatoms. The Bertz CT molecular complexity index is 310. The van der Waals surface area contributed by atoms with Gasteiger partial charge in [0, 0.05) is 18.3 Å². The molecule has 0 saturated carbocycles. The first-order chi connectivity index (χ1) is 7.28. The molecule has 1 aromatic carbocycles. The van der Waals surface area contributed by atoms with Gasteiger partial charge in [-0.25, -0.2) is 0 Å². The van der Waals surface area contributed by atoms with E-state index in [-0.39, 0.29) is 6.61 Å². The number of nitrogens with one attached hydrogen (secondary N) is 1. The lowest BCUT2D eigenvalue weighted by Gasteiger charge is -2.14. The molecule has 1 atom stereocenters. The van der Waals surface area contributed by atoms with E-state index in [2.05, 4.69) is 17.3 Å². The van der Waals surface area contributed by atoms with Gasteiger partial charge in [-0.15, -0.1) is 0 Å². The van der Waals surface area contributed by atoms with Crippen LogP contribution in [0.4, 0.5) is 5.69 Å².